The summed E-state index contributed by atoms with van der Waals surface area (Å²) in [6, 6.07) is 0. The van der Waals surface area contributed by atoms with Crippen molar-refractivity contribution in [3.8, 4) is 0 Å². The van der Waals surface area contributed by atoms with E-state index in [-0.39, 0.29) is 5.25 Å². The summed E-state index contributed by atoms with van der Waals surface area (Å²) in [5.41, 5.74) is 0. The lowest BCUT2D eigenvalue weighted by molar-refractivity contribution is -0.136. The third kappa shape index (κ3) is 1.90. The van der Waals surface area contributed by atoms with Crippen LogP contribution in [-0.2, 0) is 4.79 Å². The predicted octanol–water partition coefficient (Wildman–Crippen LogP) is 1.36. The summed E-state index contributed by atoms with van der Waals surface area (Å²) in [5.74, 6) is 0.386. The zero-order valence-electron chi connectivity index (χ0n) is 5.17. The highest BCUT2D eigenvalue weighted by molar-refractivity contribution is 8.00. The molecule has 52 valence electrons. The summed E-state index contributed by atoms with van der Waals surface area (Å²) < 4.78 is 0. The van der Waals surface area contributed by atoms with E-state index in [2.05, 4.69) is 0 Å². The normalized spacial score (nSPS) is 27.8. The summed E-state index contributed by atoms with van der Waals surface area (Å²) in [6.45, 7) is 0. The number of hydrogen-bond acceptors (Lipinski definition) is 2. The standard InChI is InChI=1S/C6H10O2S/c7-6(8)5-3-1-2-4-9-5/h5H,1-4H2,(H,7,8). The number of carboxylic acid groups (broad SMARTS) is 1. The smallest absolute Gasteiger partial charge is 0.316 e. The second-order valence-corrected chi connectivity index (χ2v) is 3.50. The van der Waals surface area contributed by atoms with Gasteiger partial charge in [0.2, 0.25) is 0 Å². The Hall–Kier alpha value is -0.180. The van der Waals surface area contributed by atoms with Gasteiger partial charge < -0.3 is 5.11 Å². The Morgan fingerprint density at radius 3 is 2.67 bits per heavy atom. The van der Waals surface area contributed by atoms with Gasteiger partial charge >= 0.3 is 5.97 Å². The van der Waals surface area contributed by atoms with Crippen LogP contribution in [-0.4, -0.2) is 22.1 Å². The number of rotatable bonds is 1. The molecule has 1 aliphatic rings. The number of aliphatic carboxylic acids is 1. The van der Waals surface area contributed by atoms with Gasteiger partial charge in [0.25, 0.3) is 0 Å². The fraction of sp³-hybridized carbons (Fsp3) is 0.833. The van der Waals surface area contributed by atoms with E-state index in [1.807, 2.05) is 0 Å². The average molecular weight is 146 g/mol. The first-order chi connectivity index (χ1) is 4.30. The van der Waals surface area contributed by atoms with E-state index in [0.717, 1.165) is 18.6 Å². The minimum atomic E-state index is -0.639. The van der Waals surface area contributed by atoms with E-state index >= 15 is 0 Å². The molecule has 0 aromatic heterocycles. The zero-order chi connectivity index (χ0) is 6.69. The van der Waals surface area contributed by atoms with Crippen molar-refractivity contribution < 1.29 is 9.90 Å². The molecule has 0 radical (unpaired) electrons. The largest absolute Gasteiger partial charge is 0.480 e. The molecule has 0 aromatic rings. The molecule has 0 saturated carbocycles. The fourth-order valence-corrected chi connectivity index (χ4v) is 2.07. The molecule has 1 N–H and O–H groups in total. The Kier molecular flexibility index (Phi) is 2.39. The molecule has 1 saturated heterocycles. The van der Waals surface area contributed by atoms with Crippen molar-refractivity contribution in [2.24, 2.45) is 0 Å². The molecular weight excluding hydrogens is 136 g/mol. The van der Waals surface area contributed by atoms with E-state index in [0.29, 0.717) is 0 Å². The summed E-state index contributed by atoms with van der Waals surface area (Å²) in [7, 11) is 0. The van der Waals surface area contributed by atoms with Crippen molar-refractivity contribution in [3.63, 3.8) is 0 Å². The topological polar surface area (TPSA) is 37.3 Å². The van der Waals surface area contributed by atoms with Crippen molar-refractivity contribution in [2.75, 3.05) is 5.75 Å². The van der Waals surface area contributed by atoms with Crippen LogP contribution in [0.1, 0.15) is 19.3 Å². The maximum absolute atomic E-state index is 10.3. The van der Waals surface area contributed by atoms with Gasteiger partial charge in [0.05, 0.1) is 0 Å². The zero-order valence-corrected chi connectivity index (χ0v) is 5.99. The van der Waals surface area contributed by atoms with Gasteiger partial charge in [0, 0.05) is 0 Å². The Morgan fingerprint density at radius 1 is 1.56 bits per heavy atom. The third-order valence-corrected chi connectivity index (χ3v) is 2.82. The van der Waals surface area contributed by atoms with Gasteiger partial charge in [0.15, 0.2) is 0 Å². The highest BCUT2D eigenvalue weighted by Gasteiger charge is 2.19. The van der Waals surface area contributed by atoms with E-state index in [1.165, 1.54) is 6.42 Å². The van der Waals surface area contributed by atoms with Crippen molar-refractivity contribution in [2.45, 2.75) is 24.5 Å². The molecule has 1 fully saturated rings. The van der Waals surface area contributed by atoms with Crippen LogP contribution in [0.5, 0.6) is 0 Å². The van der Waals surface area contributed by atoms with Gasteiger partial charge in [0.1, 0.15) is 5.25 Å². The molecule has 1 unspecified atom stereocenters. The lowest BCUT2D eigenvalue weighted by Gasteiger charge is -2.16. The van der Waals surface area contributed by atoms with Crippen LogP contribution in [0, 0.1) is 0 Å². The van der Waals surface area contributed by atoms with Crippen molar-refractivity contribution in [3.05, 3.63) is 0 Å². The van der Waals surface area contributed by atoms with Gasteiger partial charge in [-0.15, -0.1) is 11.8 Å². The maximum atomic E-state index is 10.3. The summed E-state index contributed by atoms with van der Waals surface area (Å²) in [4.78, 5) is 10.3. The molecule has 2 nitrogen and oxygen atoms in total. The molecule has 0 amide bonds. The minimum Gasteiger partial charge on any atom is -0.480 e. The van der Waals surface area contributed by atoms with Crippen LogP contribution in [0.4, 0.5) is 0 Å². The predicted molar refractivity (Wildman–Crippen MR) is 37.7 cm³/mol. The van der Waals surface area contributed by atoms with Gasteiger partial charge in [-0.2, -0.15) is 0 Å². The van der Waals surface area contributed by atoms with Crippen LogP contribution in [0.2, 0.25) is 0 Å². The molecule has 1 heterocycles. The Balaban J connectivity index is 2.31. The van der Waals surface area contributed by atoms with Gasteiger partial charge in [-0.25, -0.2) is 0 Å². The monoisotopic (exact) mass is 146 g/mol. The van der Waals surface area contributed by atoms with Gasteiger partial charge in [-0.3, -0.25) is 4.79 Å². The van der Waals surface area contributed by atoms with E-state index in [9.17, 15) is 4.79 Å². The van der Waals surface area contributed by atoms with Crippen LogP contribution < -0.4 is 0 Å². The Bertz CT molecular complexity index is 108. The maximum Gasteiger partial charge on any atom is 0.316 e. The van der Waals surface area contributed by atoms with Crippen LogP contribution in [0.3, 0.4) is 0 Å². The average Bonchev–Trinajstić information content (AvgIpc) is 1.90. The van der Waals surface area contributed by atoms with Crippen LogP contribution in [0.25, 0.3) is 0 Å². The molecule has 0 bridgehead atoms. The second-order valence-electron chi connectivity index (χ2n) is 2.19. The first-order valence-electron chi connectivity index (χ1n) is 3.15. The Morgan fingerprint density at radius 2 is 2.33 bits per heavy atom. The summed E-state index contributed by atoms with van der Waals surface area (Å²) in [6.07, 6.45) is 3.14. The molecule has 1 rings (SSSR count). The molecule has 9 heavy (non-hydrogen) atoms. The molecule has 1 atom stereocenters. The molecule has 0 spiro atoms. The van der Waals surface area contributed by atoms with Crippen molar-refractivity contribution in [1.29, 1.82) is 0 Å². The lowest BCUT2D eigenvalue weighted by atomic mass is 10.2. The minimum absolute atomic E-state index is 0.112. The second kappa shape index (κ2) is 3.11. The molecule has 3 heteroatoms. The Labute approximate surface area is 58.6 Å². The van der Waals surface area contributed by atoms with Crippen LogP contribution >= 0.6 is 11.8 Å². The van der Waals surface area contributed by atoms with Crippen molar-refractivity contribution in [1.82, 2.24) is 0 Å². The SMILES string of the molecule is O=C(O)C1CCCCS1. The van der Waals surface area contributed by atoms with E-state index < -0.39 is 5.97 Å². The molecule has 0 aliphatic carbocycles. The highest BCUT2D eigenvalue weighted by atomic mass is 32.2. The number of carbonyl (C=O) groups is 1. The third-order valence-electron chi connectivity index (χ3n) is 1.46. The number of carboxylic acids is 1. The van der Waals surface area contributed by atoms with Gasteiger partial charge in [-0.1, -0.05) is 6.42 Å². The first kappa shape index (κ1) is 6.93. The van der Waals surface area contributed by atoms with Crippen LogP contribution in [0.15, 0.2) is 0 Å². The van der Waals surface area contributed by atoms with E-state index in [4.69, 9.17) is 5.11 Å². The number of hydrogen-bond donors (Lipinski definition) is 1. The van der Waals surface area contributed by atoms with E-state index in [1.54, 1.807) is 11.8 Å². The first-order valence-corrected chi connectivity index (χ1v) is 4.20. The lowest BCUT2D eigenvalue weighted by Crippen LogP contribution is -2.19. The molecule has 0 aromatic carbocycles. The van der Waals surface area contributed by atoms with Crippen molar-refractivity contribution >= 4 is 17.7 Å². The summed E-state index contributed by atoms with van der Waals surface area (Å²) in [5, 5.41) is 8.41. The summed E-state index contributed by atoms with van der Waals surface area (Å²) >= 11 is 1.57. The fourth-order valence-electron chi connectivity index (χ4n) is 0.935. The number of thioether (sulfide) groups is 1. The van der Waals surface area contributed by atoms with Gasteiger partial charge in [-0.05, 0) is 18.6 Å². The molecule has 1 aliphatic heterocycles. The molecular formula is C6H10O2S. The quantitative estimate of drug-likeness (QED) is 0.607. The highest BCUT2D eigenvalue weighted by Crippen LogP contribution is 2.24.